The van der Waals surface area contributed by atoms with E-state index in [1.54, 1.807) is 0 Å². The first-order valence-electron chi connectivity index (χ1n) is 17.2. The summed E-state index contributed by atoms with van der Waals surface area (Å²) in [7, 11) is -5.13. The van der Waals surface area contributed by atoms with Crippen molar-refractivity contribution in [1.29, 1.82) is 0 Å². The van der Waals surface area contributed by atoms with Gasteiger partial charge in [0.2, 0.25) is 5.91 Å². The maximum absolute atomic E-state index is 13.3. The zero-order chi connectivity index (χ0) is 34.4. The van der Waals surface area contributed by atoms with Gasteiger partial charge < -0.3 is 29.7 Å². The summed E-state index contributed by atoms with van der Waals surface area (Å²) in [5, 5.41) is 23.0. The molecule has 13 nitrogen and oxygen atoms in total. The van der Waals surface area contributed by atoms with Gasteiger partial charge in [0.1, 0.15) is 24.4 Å². The van der Waals surface area contributed by atoms with Gasteiger partial charge in [0.25, 0.3) is 0 Å². The average Bonchev–Trinajstić information content (AvgIpc) is 2.98. The Morgan fingerprint density at radius 2 is 1.30 bits per heavy atom. The minimum atomic E-state index is -5.13. The molecule has 1 heterocycles. The van der Waals surface area contributed by atoms with Crippen LogP contribution in [0.5, 0.6) is 0 Å². The zero-order valence-corrected chi connectivity index (χ0v) is 28.8. The summed E-state index contributed by atoms with van der Waals surface area (Å²) in [4.78, 5) is 38.5. The monoisotopic (exact) mass is 681 g/mol. The van der Waals surface area contributed by atoms with Crippen LogP contribution < -0.4 is 5.32 Å². The number of rotatable bonds is 26. The number of aliphatic hydroxyl groups is 2. The van der Waals surface area contributed by atoms with Gasteiger partial charge in [0, 0.05) is 12.8 Å². The molecule has 1 aliphatic rings. The standard InChI is InChI=1S/C32H59NO12S/c1-4-7-10-11-12-13-14-15-18-19-24(42-27(36)20-16-8-5-2)22-26(35)33-29-31(44-28(37)21-17-9-6-3)30(45-46(39,40)41)25(23-34)43-32(29)38/h24-25,29-32,34,38H,4-23H2,1-3H3,(H,33,35)(H,39,40,41)/t24-,25-,29-,30-,31-,32?/m1/s1. The van der Waals surface area contributed by atoms with E-state index >= 15 is 0 Å². The van der Waals surface area contributed by atoms with Gasteiger partial charge in [-0.25, -0.2) is 4.18 Å². The molecule has 6 atom stereocenters. The number of hydrogen-bond donors (Lipinski definition) is 4. The van der Waals surface area contributed by atoms with E-state index in [2.05, 4.69) is 12.2 Å². The lowest BCUT2D eigenvalue weighted by Gasteiger charge is -2.43. The SMILES string of the molecule is CCCCCCCCCCC[C@H](CC(=O)N[C@H]1C(O)O[C@H](CO)[C@@H](OS(=O)(=O)O)[C@@H]1OC(=O)CCCCC)OC(=O)CCCCC. The Morgan fingerprint density at radius 1 is 0.783 bits per heavy atom. The van der Waals surface area contributed by atoms with Crippen LogP contribution in [0.15, 0.2) is 0 Å². The minimum absolute atomic E-state index is 0.0286. The number of carbonyl (C=O) groups is 3. The number of nitrogens with one attached hydrogen (secondary N) is 1. The molecule has 1 unspecified atom stereocenters. The first kappa shape index (κ1) is 42.2. The van der Waals surface area contributed by atoms with Crippen LogP contribution in [0.4, 0.5) is 0 Å². The second kappa shape index (κ2) is 24.3. The van der Waals surface area contributed by atoms with E-state index in [-0.39, 0.29) is 19.3 Å². The van der Waals surface area contributed by atoms with Crippen molar-refractivity contribution in [3.05, 3.63) is 0 Å². The van der Waals surface area contributed by atoms with Crippen LogP contribution in [0.3, 0.4) is 0 Å². The Kier molecular flexibility index (Phi) is 22.3. The molecule has 1 fully saturated rings. The fraction of sp³-hybridized carbons (Fsp3) is 0.906. The summed E-state index contributed by atoms with van der Waals surface area (Å²) in [6.45, 7) is 5.30. The highest BCUT2D eigenvalue weighted by Crippen LogP contribution is 2.27. The number of hydrogen-bond acceptors (Lipinski definition) is 11. The molecule has 1 aliphatic heterocycles. The smallest absolute Gasteiger partial charge is 0.397 e. The van der Waals surface area contributed by atoms with E-state index in [0.29, 0.717) is 19.3 Å². The molecule has 1 amide bonds. The minimum Gasteiger partial charge on any atom is -0.462 e. The lowest BCUT2D eigenvalue weighted by atomic mass is 9.96. The third kappa shape index (κ3) is 18.5. The van der Waals surface area contributed by atoms with Crippen LogP contribution in [-0.2, 0) is 43.2 Å². The second-order valence-electron chi connectivity index (χ2n) is 12.1. The summed E-state index contributed by atoms with van der Waals surface area (Å²) >= 11 is 0. The van der Waals surface area contributed by atoms with Crippen molar-refractivity contribution in [2.75, 3.05) is 6.61 Å². The molecular weight excluding hydrogens is 622 g/mol. The number of aliphatic hydroxyl groups excluding tert-OH is 2. The van der Waals surface area contributed by atoms with Gasteiger partial charge in [0.15, 0.2) is 12.4 Å². The number of esters is 2. The number of ether oxygens (including phenoxy) is 3. The molecule has 0 spiro atoms. The summed E-state index contributed by atoms with van der Waals surface area (Å²) in [6.07, 6.45) is 7.28. The van der Waals surface area contributed by atoms with E-state index in [1.165, 1.54) is 32.1 Å². The first-order chi connectivity index (χ1) is 21.9. The summed E-state index contributed by atoms with van der Waals surface area (Å²) < 4.78 is 53.8. The van der Waals surface area contributed by atoms with Crippen molar-refractivity contribution >= 4 is 28.2 Å². The summed E-state index contributed by atoms with van der Waals surface area (Å²) in [5.41, 5.74) is 0. The molecule has 0 saturated carbocycles. The molecule has 46 heavy (non-hydrogen) atoms. The summed E-state index contributed by atoms with van der Waals surface area (Å²) in [6, 6.07) is -1.52. The Morgan fingerprint density at radius 3 is 1.85 bits per heavy atom. The molecule has 14 heteroatoms. The lowest BCUT2D eigenvalue weighted by molar-refractivity contribution is -0.254. The van der Waals surface area contributed by atoms with E-state index < -0.39 is 71.6 Å². The van der Waals surface area contributed by atoms with Crippen molar-refractivity contribution in [3.63, 3.8) is 0 Å². The molecule has 1 rings (SSSR count). The van der Waals surface area contributed by atoms with Crippen molar-refractivity contribution in [2.24, 2.45) is 0 Å². The van der Waals surface area contributed by atoms with Crippen LogP contribution in [0.25, 0.3) is 0 Å². The fourth-order valence-corrected chi connectivity index (χ4v) is 5.96. The third-order valence-electron chi connectivity index (χ3n) is 7.98. The van der Waals surface area contributed by atoms with Gasteiger partial charge in [-0.15, -0.1) is 0 Å². The molecule has 4 N–H and O–H groups in total. The second-order valence-corrected chi connectivity index (χ2v) is 13.2. The number of unbranched alkanes of at least 4 members (excludes halogenated alkanes) is 12. The predicted octanol–water partition coefficient (Wildman–Crippen LogP) is 4.66. The van der Waals surface area contributed by atoms with Crippen LogP contribution in [0.1, 0.15) is 143 Å². The number of amides is 1. The fourth-order valence-electron chi connectivity index (χ4n) is 5.45. The molecular formula is C32H59NO12S. The Bertz CT molecular complexity index is 963. The molecule has 0 aliphatic carbocycles. The largest absolute Gasteiger partial charge is 0.462 e. The normalized spacial score (nSPS) is 22.3. The number of carbonyl (C=O) groups excluding carboxylic acids is 3. The highest BCUT2D eigenvalue weighted by Gasteiger charge is 2.50. The quantitative estimate of drug-likeness (QED) is 0.0561. The predicted molar refractivity (Wildman–Crippen MR) is 171 cm³/mol. The highest BCUT2D eigenvalue weighted by atomic mass is 32.3. The molecule has 270 valence electrons. The molecule has 0 aromatic rings. The lowest BCUT2D eigenvalue weighted by Crippen LogP contribution is -2.66. The average molecular weight is 682 g/mol. The molecule has 0 bridgehead atoms. The van der Waals surface area contributed by atoms with Gasteiger partial charge in [-0.05, 0) is 25.7 Å². The van der Waals surface area contributed by atoms with Crippen LogP contribution in [0.2, 0.25) is 0 Å². The van der Waals surface area contributed by atoms with Crippen LogP contribution in [-0.4, -0.2) is 84.4 Å². The zero-order valence-electron chi connectivity index (χ0n) is 28.0. The van der Waals surface area contributed by atoms with Gasteiger partial charge in [-0.3, -0.25) is 18.9 Å². The maximum Gasteiger partial charge on any atom is 0.397 e. The van der Waals surface area contributed by atoms with Gasteiger partial charge in [0.05, 0.1) is 13.0 Å². The topological polar surface area (TPSA) is 195 Å². The third-order valence-corrected chi connectivity index (χ3v) is 8.45. The van der Waals surface area contributed by atoms with Gasteiger partial charge in [-0.1, -0.05) is 97.8 Å². The Hall–Kier alpha value is -1.84. The van der Waals surface area contributed by atoms with Crippen molar-refractivity contribution in [3.8, 4) is 0 Å². The Labute approximate surface area is 275 Å². The summed E-state index contributed by atoms with van der Waals surface area (Å²) in [5.74, 6) is -1.83. The molecule has 0 aromatic carbocycles. The maximum atomic E-state index is 13.3. The molecule has 0 aromatic heterocycles. The molecule has 0 radical (unpaired) electrons. The Balaban J connectivity index is 3.00. The van der Waals surface area contributed by atoms with Crippen molar-refractivity contribution in [1.82, 2.24) is 5.32 Å². The highest BCUT2D eigenvalue weighted by molar-refractivity contribution is 7.80. The van der Waals surface area contributed by atoms with E-state index in [0.717, 1.165) is 51.4 Å². The van der Waals surface area contributed by atoms with Crippen LogP contribution >= 0.6 is 0 Å². The van der Waals surface area contributed by atoms with E-state index in [9.17, 15) is 37.6 Å². The van der Waals surface area contributed by atoms with Crippen LogP contribution in [0, 0.1) is 0 Å². The van der Waals surface area contributed by atoms with E-state index in [1.807, 2.05) is 13.8 Å². The van der Waals surface area contributed by atoms with Crippen molar-refractivity contribution < 1.29 is 56.0 Å². The van der Waals surface area contributed by atoms with Gasteiger partial charge in [-0.2, -0.15) is 8.42 Å². The molecule has 1 saturated heterocycles. The van der Waals surface area contributed by atoms with E-state index in [4.69, 9.17) is 18.4 Å². The van der Waals surface area contributed by atoms with Crippen molar-refractivity contribution in [2.45, 2.75) is 180 Å². The first-order valence-corrected chi connectivity index (χ1v) is 18.6. The van der Waals surface area contributed by atoms with Gasteiger partial charge >= 0.3 is 22.3 Å².